The highest BCUT2D eigenvalue weighted by Gasteiger charge is 2.37. The van der Waals surface area contributed by atoms with Crippen molar-refractivity contribution in [3.05, 3.63) is 89.9 Å². The van der Waals surface area contributed by atoms with Gasteiger partial charge in [-0.3, -0.25) is 4.79 Å². The second kappa shape index (κ2) is 12.9. The highest BCUT2D eigenvalue weighted by atomic mass is 16.6. The number of rotatable bonds is 6. The number of ether oxygens (including phenoxy) is 1. The molecule has 2 heterocycles. The Morgan fingerprint density at radius 1 is 1.00 bits per heavy atom. The second-order valence-corrected chi connectivity index (χ2v) is 12.3. The number of aromatic nitrogens is 2. The number of benzene rings is 2. The topological polar surface area (TPSA) is 105 Å². The van der Waals surface area contributed by atoms with Crippen molar-refractivity contribution >= 4 is 18.0 Å². The van der Waals surface area contributed by atoms with E-state index in [0.29, 0.717) is 43.9 Å². The van der Waals surface area contributed by atoms with Crippen molar-refractivity contribution in [1.29, 1.82) is 0 Å². The van der Waals surface area contributed by atoms with Crippen molar-refractivity contribution in [3.8, 4) is 11.3 Å². The van der Waals surface area contributed by atoms with Crippen LogP contribution >= 0.6 is 0 Å². The van der Waals surface area contributed by atoms with Crippen molar-refractivity contribution in [1.82, 2.24) is 19.4 Å². The molecule has 5 rings (SSSR count). The molecule has 0 spiro atoms. The maximum atomic E-state index is 14.5. The minimum Gasteiger partial charge on any atom is -0.478 e. The Labute approximate surface area is 252 Å². The molecule has 2 fully saturated rings. The molecule has 1 N–H and O–H groups in total. The zero-order valence-corrected chi connectivity index (χ0v) is 25.1. The predicted molar refractivity (Wildman–Crippen MR) is 164 cm³/mol. The monoisotopic (exact) mass is 584 g/mol. The maximum Gasteiger partial charge on any atom is 0.410 e. The molecular formula is C34H40N4O5. The molecule has 2 aliphatic rings. The molecule has 226 valence electrons. The largest absolute Gasteiger partial charge is 0.478 e. The Balaban J connectivity index is 1.52. The van der Waals surface area contributed by atoms with Crippen LogP contribution in [-0.2, 0) is 16.0 Å². The molecular weight excluding hydrogens is 544 g/mol. The van der Waals surface area contributed by atoms with Gasteiger partial charge in [0, 0.05) is 31.3 Å². The Hall–Kier alpha value is -4.40. The highest BCUT2D eigenvalue weighted by molar-refractivity contribution is 5.98. The van der Waals surface area contributed by atoms with Crippen LogP contribution in [0, 0.1) is 0 Å². The summed E-state index contributed by atoms with van der Waals surface area (Å²) in [5.74, 6) is -1.17. The lowest BCUT2D eigenvalue weighted by Crippen LogP contribution is -2.58. The van der Waals surface area contributed by atoms with Gasteiger partial charge in [-0.05, 0) is 57.6 Å². The molecule has 0 radical (unpaired) electrons. The van der Waals surface area contributed by atoms with Crippen LogP contribution in [0.15, 0.2) is 78.6 Å². The first-order valence-electron chi connectivity index (χ1n) is 15.0. The van der Waals surface area contributed by atoms with Crippen LogP contribution in [0.1, 0.15) is 68.5 Å². The van der Waals surface area contributed by atoms with Crippen molar-refractivity contribution in [3.63, 3.8) is 0 Å². The van der Waals surface area contributed by atoms with E-state index in [9.17, 15) is 19.5 Å². The third-order valence-electron chi connectivity index (χ3n) is 8.02. The van der Waals surface area contributed by atoms with E-state index in [1.807, 2.05) is 90.9 Å². The Morgan fingerprint density at radius 3 is 2.37 bits per heavy atom. The van der Waals surface area contributed by atoms with Gasteiger partial charge in [0.1, 0.15) is 5.60 Å². The first-order valence-corrected chi connectivity index (χ1v) is 15.0. The van der Waals surface area contributed by atoms with E-state index < -0.39 is 11.6 Å². The first-order chi connectivity index (χ1) is 20.6. The van der Waals surface area contributed by atoms with E-state index in [0.717, 1.165) is 36.0 Å². The number of carboxylic acid groups (broad SMARTS) is 1. The van der Waals surface area contributed by atoms with Gasteiger partial charge < -0.3 is 24.2 Å². The predicted octanol–water partition coefficient (Wildman–Crippen LogP) is 5.98. The maximum absolute atomic E-state index is 14.5. The van der Waals surface area contributed by atoms with Crippen molar-refractivity contribution in [2.75, 3.05) is 19.6 Å². The van der Waals surface area contributed by atoms with Gasteiger partial charge in [-0.2, -0.15) is 0 Å². The van der Waals surface area contributed by atoms with Gasteiger partial charge in [0.25, 0.3) is 5.91 Å². The molecule has 2 amide bonds. The average molecular weight is 585 g/mol. The number of nitrogens with zero attached hydrogens (tertiary/aromatic N) is 4. The van der Waals surface area contributed by atoms with E-state index in [2.05, 4.69) is 0 Å². The molecule has 9 nitrogen and oxygen atoms in total. The zero-order chi connectivity index (χ0) is 30.6. The van der Waals surface area contributed by atoms with E-state index in [4.69, 9.17) is 9.72 Å². The molecule has 3 aromatic rings. The number of hydrogen-bond donors (Lipinski definition) is 1. The van der Waals surface area contributed by atoms with Crippen LogP contribution in [0.5, 0.6) is 0 Å². The fraction of sp³-hybridized carbons (Fsp3) is 0.412. The number of piperazine rings is 1. The summed E-state index contributed by atoms with van der Waals surface area (Å²) < 4.78 is 7.65. The number of carbonyl (C=O) groups excluding carboxylic acids is 2. The van der Waals surface area contributed by atoms with Gasteiger partial charge >= 0.3 is 12.1 Å². The lowest BCUT2D eigenvalue weighted by atomic mass is 9.89. The summed E-state index contributed by atoms with van der Waals surface area (Å²) >= 11 is 0. The van der Waals surface area contributed by atoms with Crippen LogP contribution in [0.25, 0.3) is 11.3 Å². The molecule has 2 aromatic carbocycles. The number of amides is 2. The molecule has 0 bridgehead atoms. The molecule has 1 saturated carbocycles. The van der Waals surface area contributed by atoms with Gasteiger partial charge in [-0.15, -0.1) is 0 Å². The lowest BCUT2D eigenvalue weighted by molar-refractivity contribution is -0.131. The quantitative estimate of drug-likeness (QED) is 0.358. The minimum atomic E-state index is -0.966. The highest BCUT2D eigenvalue weighted by Crippen LogP contribution is 2.38. The standard InChI is InChI=1S/C34H40N4O5/c1-34(2,3)43-33(42)36-18-19-37(27(22-36)20-24-12-6-4-7-13-24)32(41)30-31(25-14-8-5-9-15-25)38(23-35-30)28-17-11-10-16-26(28)21-29(39)40/h4-9,12-15,21,23,27-28H,10-11,16-20,22H2,1-3H3,(H,39,40)/t27-,28?/m0/s1. The summed E-state index contributed by atoms with van der Waals surface area (Å²) in [6.45, 7) is 6.56. The second-order valence-electron chi connectivity index (χ2n) is 12.3. The molecule has 9 heteroatoms. The third-order valence-corrected chi connectivity index (χ3v) is 8.02. The summed E-state index contributed by atoms with van der Waals surface area (Å²) in [6.07, 6.45) is 6.54. The van der Waals surface area contributed by atoms with Crippen LogP contribution in [-0.4, -0.2) is 73.7 Å². The SMILES string of the molecule is CC(C)(C)OC(=O)N1CCN(C(=O)c2ncn(C3CCCCC3=CC(=O)O)c2-c2ccccc2)[C@@H](Cc2ccccc2)C1. The van der Waals surface area contributed by atoms with Crippen LogP contribution in [0.4, 0.5) is 4.79 Å². The number of imidazole rings is 1. The lowest BCUT2D eigenvalue weighted by Gasteiger charge is -2.41. The Kier molecular flexibility index (Phi) is 8.99. The number of aliphatic carboxylic acids is 1. The van der Waals surface area contributed by atoms with Gasteiger partial charge in [0.15, 0.2) is 5.69 Å². The summed E-state index contributed by atoms with van der Waals surface area (Å²) in [5.41, 5.74) is 3.13. The van der Waals surface area contributed by atoms with Gasteiger partial charge in [-0.25, -0.2) is 14.6 Å². The van der Waals surface area contributed by atoms with E-state index >= 15 is 0 Å². The number of carbonyl (C=O) groups is 3. The molecule has 1 unspecified atom stereocenters. The average Bonchev–Trinajstić information content (AvgIpc) is 3.42. The van der Waals surface area contributed by atoms with E-state index in [1.54, 1.807) is 11.2 Å². The van der Waals surface area contributed by atoms with E-state index in [-0.39, 0.29) is 24.1 Å². The third kappa shape index (κ3) is 7.16. The molecule has 1 aromatic heterocycles. The normalized spacial score (nSPS) is 20.2. The molecule has 43 heavy (non-hydrogen) atoms. The number of hydrogen-bond acceptors (Lipinski definition) is 5. The summed E-state index contributed by atoms with van der Waals surface area (Å²) in [4.78, 5) is 47.4. The Morgan fingerprint density at radius 2 is 1.70 bits per heavy atom. The molecule has 2 atom stereocenters. The summed E-state index contributed by atoms with van der Waals surface area (Å²) in [7, 11) is 0. The zero-order valence-electron chi connectivity index (χ0n) is 25.1. The van der Waals surface area contributed by atoms with Crippen molar-refractivity contribution in [2.24, 2.45) is 0 Å². The molecule has 1 aliphatic carbocycles. The van der Waals surface area contributed by atoms with Crippen LogP contribution in [0.3, 0.4) is 0 Å². The fourth-order valence-electron chi connectivity index (χ4n) is 6.11. The fourth-order valence-corrected chi connectivity index (χ4v) is 6.11. The van der Waals surface area contributed by atoms with Crippen molar-refractivity contribution < 1.29 is 24.2 Å². The van der Waals surface area contributed by atoms with Crippen LogP contribution < -0.4 is 0 Å². The summed E-state index contributed by atoms with van der Waals surface area (Å²) in [6, 6.07) is 19.1. The number of carboxylic acids is 1. The minimum absolute atomic E-state index is 0.196. The van der Waals surface area contributed by atoms with Gasteiger partial charge in [0.2, 0.25) is 0 Å². The first kappa shape index (κ1) is 30.1. The summed E-state index contributed by atoms with van der Waals surface area (Å²) in [5, 5.41) is 9.55. The smallest absolute Gasteiger partial charge is 0.410 e. The van der Waals surface area contributed by atoms with E-state index in [1.165, 1.54) is 6.08 Å². The van der Waals surface area contributed by atoms with Crippen molar-refractivity contribution in [2.45, 2.75) is 70.6 Å². The number of allylic oxidation sites excluding steroid dienone is 1. The van der Waals surface area contributed by atoms with Crippen LogP contribution in [0.2, 0.25) is 0 Å². The molecule has 1 saturated heterocycles. The van der Waals surface area contributed by atoms with Gasteiger partial charge in [-0.1, -0.05) is 67.1 Å². The van der Waals surface area contributed by atoms with Gasteiger partial charge in [0.05, 0.1) is 24.1 Å². The Bertz CT molecular complexity index is 1480. The molecule has 1 aliphatic heterocycles.